The fourth-order valence-electron chi connectivity index (χ4n) is 3.26. The summed E-state index contributed by atoms with van der Waals surface area (Å²) in [4.78, 5) is 16.9. The molecule has 2 aromatic heterocycles. The molecule has 6 nitrogen and oxygen atoms in total. The van der Waals surface area contributed by atoms with E-state index in [1.54, 1.807) is 12.4 Å². The third kappa shape index (κ3) is 5.73. The quantitative estimate of drug-likeness (QED) is 0.472. The lowest BCUT2D eigenvalue weighted by molar-refractivity contribution is -0.120. The summed E-state index contributed by atoms with van der Waals surface area (Å²) in [6.07, 6.45) is 4.49. The summed E-state index contributed by atoms with van der Waals surface area (Å²) in [5.74, 6) is 1.62. The first-order valence-electron chi connectivity index (χ1n) is 10.8. The minimum atomic E-state index is -0.289. The Morgan fingerprint density at radius 3 is 2.52 bits per heavy atom. The average molecular weight is 438 g/mol. The van der Waals surface area contributed by atoms with Crippen LogP contribution in [0.4, 0.5) is 0 Å². The highest BCUT2D eigenvalue weighted by Gasteiger charge is 2.23. The van der Waals surface area contributed by atoms with Gasteiger partial charge in [-0.05, 0) is 48.9 Å². The molecule has 1 aromatic carbocycles. The second kappa shape index (κ2) is 10.6. The van der Waals surface area contributed by atoms with Crippen LogP contribution in [0.2, 0.25) is 0 Å². The molecule has 3 rings (SSSR count). The SMILES string of the molecule is CC(C)CCNC(=O)C(C)Sc1nnc(-c2cccnc2)n1-c1ccccc1C(C)C. The predicted molar refractivity (Wildman–Crippen MR) is 126 cm³/mol. The Morgan fingerprint density at radius 1 is 1.06 bits per heavy atom. The first kappa shape index (κ1) is 23.0. The Morgan fingerprint density at radius 2 is 1.84 bits per heavy atom. The van der Waals surface area contributed by atoms with Crippen LogP contribution in [-0.2, 0) is 4.79 Å². The van der Waals surface area contributed by atoms with E-state index in [4.69, 9.17) is 0 Å². The number of amides is 1. The molecule has 0 fully saturated rings. The fourth-order valence-corrected chi connectivity index (χ4v) is 4.15. The van der Waals surface area contributed by atoms with Gasteiger partial charge >= 0.3 is 0 Å². The summed E-state index contributed by atoms with van der Waals surface area (Å²) in [5.41, 5.74) is 3.11. The maximum absolute atomic E-state index is 12.6. The zero-order valence-corrected chi connectivity index (χ0v) is 19.7. The number of thioether (sulfide) groups is 1. The van der Waals surface area contributed by atoms with Crippen molar-refractivity contribution in [3.63, 3.8) is 0 Å². The van der Waals surface area contributed by atoms with Gasteiger partial charge in [0.1, 0.15) is 0 Å². The number of rotatable bonds is 9. The lowest BCUT2D eigenvalue weighted by atomic mass is 10.0. The van der Waals surface area contributed by atoms with Crippen LogP contribution in [0, 0.1) is 5.92 Å². The number of hydrogen-bond acceptors (Lipinski definition) is 5. The number of nitrogens with zero attached hydrogens (tertiary/aromatic N) is 4. The number of aromatic nitrogens is 4. The number of carbonyl (C=O) groups is 1. The Labute approximate surface area is 188 Å². The second-order valence-electron chi connectivity index (χ2n) is 8.33. The molecule has 2 heterocycles. The van der Waals surface area contributed by atoms with E-state index < -0.39 is 0 Å². The van der Waals surface area contributed by atoms with Gasteiger partial charge in [-0.1, -0.05) is 57.7 Å². The van der Waals surface area contributed by atoms with E-state index in [0.29, 0.717) is 23.5 Å². The number of benzene rings is 1. The van der Waals surface area contributed by atoms with Crippen molar-refractivity contribution < 1.29 is 4.79 Å². The minimum Gasteiger partial charge on any atom is -0.355 e. The van der Waals surface area contributed by atoms with Crippen molar-refractivity contribution in [3.8, 4) is 17.1 Å². The van der Waals surface area contributed by atoms with Crippen LogP contribution in [0.1, 0.15) is 52.5 Å². The van der Waals surface area contributed by atoms with E-state index in [-0.39, 0.29) is 11.2 Å². The van der Waals surface area contributed by atoms with Gasteiger partial charge in [0, 0.05) is 24.5 Å². The Bertz CT molecular complexity index is 1000. The smallest absolute Gasteiger partial charge is 0.233 e. The van der Waals surface area contributed by atoms with Gasteiger partial charge in [-0.3, -0.25) is 14.3 Å². The molecule has 0 radical (unpaired) electrons. The number of nitrogens with one attached hydrogen (secondary N) is 1. The minimum absolute atomic E-state index is 0.0141. The van der Waals surface area contributed by atoms with E-state index in [9.17, 15) is 4.79 Å². The van der Waals surface area contributed by atoms with Crippen LogP contribution < -0.4 is 5.32 Å². The Hall–Kier alpha value is -2.67. The average Bonchev–Trinajstić information content (AvgIpc) is 3.17. The standard InChI is InChI=1S/C24H31N5OS/c1-16(2)12-14-26-23(30)18(5)31-24-28-27-22(19-9-8-13-25-15-19)29(24)21-11-7-6-10-20(21)17(3)4/h6-11,13,15-18H,12,14H2,1-5H3,(H,26,30). The lowest BCUT2D eigenvalue weighted by Crippen LogP contribution is -2.32. The Balaban J connectivity index is 1.97. The van der Waals surface area contributed by atoms with Gasteiger partial charge in [-0.2, -0.15) is 0 Å². The third-order valence-corrected chi connectivity index (χ3v) is 6.07. The van der Waals surface area contributed by atoms with Crippen LogP contribution >= 0.6 is 11.8 Å². The van der Waals surface area contributed by atoms with Crippen molar-refractivity contribution in [1.29, 1.82) is 0 Å². The first-order valence-corrected chi connectivity index (χ1v) is 11.7. The van der Waals surface area contributed by atoms with E-state index in [1.165, 1.54) is 17.3 Å². The van der Waals surface area contributed by atoms with Crippen LogP contribution in [0.5, 0.6) is 0 Å². The van der Waals surface area contributed by atoms with Crippen molar-refractivity contribution in [2.75, 3.05) is 6.54 Å². The van der Waals surface area contributed by atoms with Gasteiger partial charge < -0.3 is 5.32 Å². The first-order chi connectivity index (χ1) is 14.9. The molecule has 0 aliphatic rings. The predicted octanol–water partition coefficient (Wildman–Crippen LogP) is 5.10. The normalized spacial score (nSPS) is 12.4. The number of hydrogen-bond donors (Lipinski definition) is 1. The van der Waals surface area contributed by atoms with Gasteiger partial charge in [0.15, 0.2) is 11.0 Å². The molecular formula is C24H31N5OS. The second-order valence-corrected chi connectivity index (χ2v) is 9.64. The van der Waals surface area contributed by atoms with Gasteiger partial charge in [-0.25, -0.2) is 0 Å². The summed E-state index contributed by atoms with van der Waals surface area (Å²) in [7, 11) is 0. The molecule has 164 valence electrons. The van der Waals surface area contributed by atoms with E-state index in [0.717, 1.165) is 23.5 Å². The highest BCUT2D eigenvalue weighted by Crippen LogP contribution is 2.33. The third-order valence-electron chi connectivity index (χ3n) is 5.03. The van der Waals surface area contributed by atoms with E-state index >= 15 is 0 Å². The molecule has 0 spiro atoms. The molecule has 3 aromatic rings. The van der Waals surface area contributed by atoms with Gasteiger partial charge in [0.05, 0.1) is 10.9 Å². The molecule has 1 unspecified atom stereocenters. The molecule has 31 heavy (non-hydrogen) atoms. The van der Waals surface area contributed by atoms with Crippen LogP contribution in [-0.4, -0.2) is 37.5 Å². The van der Waals surface area contributed by atoms with E-state index in [2.05, 4.69) is 64.9 Å². The van der Waals surface area contributed by atoms with Crippen LogP contribution in [0.3, 0.4) is 0 Å². The molecule has 7 heteroatoms. The largest absolute Gasteiger partial charge is 0.355 e. The summed E-state index contributed by atoms with van der Waals surface area (Å²) < 4.78 is 2.05. The summed E-state index contributed by atoms with van der Waals surface area (Å²) in [5, 5.41) is 12.4. The highest BCUT2D eigenvalue weighted by atomic mass is 32.2. The molecular weight excluding hydrogens is 406 g/mol. The summed E-state index contributed by atoms with van der Waals surface area (Å²) in [6.45, 7) is 11.2. The molecule has 0 aliphatic carbocycles. The molecule has 1 atom stereocenters. The van der Waals surface area contributed by atoms with Crippen molar-refractivity contribution in [3.05, 3.63) is 54.4 Å². The van der Waals surface area contributed by atoms with Gasteiger partial charge in [0.25, 0.3) is 0 Å². The molecule has 0 saturated carbocycles. The molecule has 1 N–H and O–H groups in total. The van der Waals surface area contributed by atoms with E-state index in [1.807, 2.05) is 31.2 Å². The molecule has 0 bridgehead atoms. The van der Waals surface area contributed by atoms with Crippen molar-refractivity contribution in [2.45, 2.75) is 57.4 Å². The summed E-state index contributed by atoms with van der Waals surface area (Å²) >= 11 is 1.42. The fraction of sp³-hybridized carbons (Fsp3) is 0.417. The maximum Gasteiger partial charge on any atom is 0.233 e. The number of pyridine rings is 1. The van der Waals surface area contributed by atoms with Crippen LogP contribution in [0.25, 0.3) is 17.1 Å². The molecule has 1 amide bonds. The number of carbonyl (C=O) groups excluding carboxylic acids is 1. The Kier molecular flexibility index (Phi) is 7.85. The monoisotopic (exact) mass is 437 g/mol. The summed E-state index contributed by atoms with van der Waals surface area (Å²) in [6, 6.07) is 12.1. The zero-order chi connectivity index (χ0) is 22.4. The van der Waals surface area contributed by atoms with Crippen molar-refractivity contribution in [2.24, 2.45) is 5.92 Å². The zero-order valence-electron chi connectivity index (χ0n) is 18.9. The van der Waals surface area contributed by atoms with Gasteiger partial charge in [0.2, 0.25) is 5.91 Å². The topological polar surface area (TPSA) is 72.7 Å². The van der Waals surface area contributed by atoms with Crippen molar-refractivity contribution >= 4 is 17.7 Å². The van der Waals surface area contributed by atoms with Crippen LogP contribution in [0.15, 0.2) is 53.9 Å². The maximum atomic E-state index is 12.6. The molecule has 0 saturated heterocycles. The molecule has 0 aliphatic heterocycles. The highest BCUT2D eigenvalue weighted by molar-refractivity contribution is 8.00. The lowest BCUT2D eigenvalue weighted by Gasteiger charge is -2.18. The number of para-hydroxylation sites is 1. The van der Waals surface area contributed by atoms with Gasteiger partial charge in [-0.15, -0.1) is 10.2 Å². The van der Waals surface area contributed by atoms with Crippen molar-refractivity contribution in [1.82, 2.24) is 25.1 Å².